The molecule has 1 aromatic carbocycles. The number of nitrogens with zero attached hydrogens (tertiary/aromatic N) is 3. The third kappa shape index (κ3) is 2.50. The van der Waals surface area contributed by atoms with Crippen molar-refractivity contribution in [3.8, 4) is 11.3 Å². The lowest BCUT2D eigenvalue weighted by atomic mass is 10.1. The summed E-state index contributed by atoms with van der Waals surface area (Å²) in [4.78, 5) is 6.60. The second-order valence-corrected chi connectivity index (χ2v) is 4.82. The lowest BCUT2D eigenvalue weighted by Gasteiger charge is -2.12. The number of benzene rings is 1. The highest BCUT2D eigenvalue weighted by Crippen LogP contribution is 2.27. The molecule has 2 rings (SSSR count). The van der Waals surface area contributed by atoms with E-state index in [9.17, 15) is 0 Å². The van der Waals surface area contributed by atoms with E-state index in [0.29, 0.717) is 5.82 Å². The molecule has 0 amide bonds. The molecule has 1 aromatic heterocycles. The lowest BCUT2D eigenvalue weighted by molar-refractivity contribution is 0.794. The highest BCUT2D eigenvalue weighted by Gasteiger charge is 2.13. The summed E-state index contributed by atoms with van der Waals surface area (Å²) in [6, 6.07) is 8.13. The molecule has 5 heteroatoms. The quantitative estimate of drug-likeness (QED) is 0.822. The van der Waals surface area contributed by atoms with Crippen LogP contribution in [0.3, 0.4) is 0 Å². The number of imidazole rings is 1. The van der Waals surface area contributed by atoms with Crippen LogP contribution in [0.15, 0.2) is 24.3 Å². The van der Waals surface area contributed by atoms with Crippen molar-refractivity contribution < 1.29 is 0 Å². The predicted molar refractivity (Wildman–Crippen MR) is 80.5 cm³/mol. The Morgan fingerprint density at radius 3 is 2.37 bits per heavy atom. The number of aromatic nitrogens is 2. The van der Waals surface area contributed by atoms with Gasteiger partial charge < -0.3 is 16.5 Å². The molecular formula is C14H21N5. The average molecular weight is 259 g/mol. The Kier molecular flexibility index (Phi) is 3.64. The van der Waals surface area contributed by atoms with Gasteiger partial charge in [0.25, 0.3) is 0 Å². The van der Waals surface area contributed by atoms with Crippen LogP contribution in [0.2, 0.25) is 0 Å². The maximum Gasteiger partial charge on any atom is 0.150 e. The van der Waals surface area contributed by atoms with Crippen LogP contribution >= 0.6 is 0 Å². The normalized spacial score (nSPS) is 10.7. The minimum atomic E-state index is 0.515. The van der Waals surface area contributed by atoms with Crippen molar-refractivity contribution in [3.05, 3.63) is 30.1 Å². The largest absolute Gasteiger partial charge is 0.382 e. The first-order chi connectivity index (χ1) is 9.04. The van der Waals surface area contributed by atoms with Gasteiger partial charge in [0.1, 0.15) is 11.5 Å². The van der Waals surface area contributed by atoms with Crippen LogP contribution in [-0.2, 0) is 6.42 Å². The molecule has 0 atom stereocenters. The van der Waals surface area contributed by atoms with Gasteiger partial charge in [-0.15, -0.1) is 0 Å². The van der Waals surface area contributed by atoms with Gasteiger partial charge in [-0.1, -0.05) is 19.1 Å². The standard InChI is InChI=1S/C14H21N5/c1-4-5-12-17-13(14(15)19(12)16)10-6-8-11(9-7-10)18(2)3/h6-9H,4-5,15-16H2,1-3H3. The van der Waals surface area contributed by atoms with Gasteiger partial charge in [-0.2, -0.15) is 0 Å². The van der Waals surface area contributed by atoms with E-state index >= 15 is 0 Å². The second kappa shape index (κ2) is 5.22. The summed E-state index contributed by atoms with van der Waals surface area (Å²) in [7, 11) is 4.02. The molecule has 0 aliphatic heterocycles. The molecule has 1 heterocycles. The van der Waals surface area contributed by atoms with E-state index in [2.05, 4.69) is 16.8 Å². The van der Waals surface area contributed by atoms with Crippen LogP contribution in [0.4, 0.5) is 11.5 Å². The van der Waals surface area contributed by atoms with Gasteiger partial charge in [0.05, 0.1) is 0 Å². The number of anilines is 2. The second-order valence-electron chi connectivity index (χ2n) is 4.82. The fourth-order valence-corrected chi connectivity index (χ4v) is 2.02. The van der Waals surface area contributed by atoms with Gasteiger partial charge in [0.15, 0.2) is 5.82 Å². The van der Waals surface area contributed by atoms with Crippen molar-refractivity contribution in [2.24, 2.45) is 0 Å². The average Bonchev–Trinajstić information content (AvgIpc) is 2.68. The number of nitrogen functional groups attached to an aromatic ring is 2. The van der Waals surface area contributed by atoms with E-state index in [1.165, 1.54) is 4.68 Å². The number of rotatable bonds is 4. The number of aryl methyl sites for hydroxylation is 1. The van der Waals surface area contributed by atoms with E-state index < -0.39 is 0 Å². The summed E-state index contributed by atoms with van der Waals surface area (Å²) in [6.45, 7) is 2.09. The number of hydrogen-bond donors (Lipinski definition) is 2. The Bertz CT molecular complexity index is 554. The van der Waals surface area contributed by atoms with Crippen molar-refractivity contribution in [3.63, 3.8) is 0 Å². The maximum atomic E-state index is 6.03. The summed E-state index contributed by atoms with van der Waals surface area (Å²) >= 11 is 0. The van der Waals surface area contributed by atoms with E-state index in [1.54, 1.807) is 0 Å². The van der Waals surface area contributed by atoms with Crippen molar-refractivity contribution in [2.75, 3.05) is 30.6 Å². The third-order valence-electron chi connectivity index (χ3n) is 3.15. The molecule has 0 spiro atoms. The molecular weight excluding hydrogens is 238 g/mol. The number of nitrogens with two attached hydrogens (primary N) is 2. The van der Waals surface area contributed by atoms with E-state index in [-0.39, 0.29) is 0 Å². The van der Waals surface area contributed by atoms with Crippen LogP contribution in [0.5, 0.6) is 0 Å². The van der Waals surface area contributed by atoms with Crippen molar-refractivity contribution in [2.45, 2.75) is 19.8 Å². The lowest BCUT2D eigenvalue weighted by Crippen LogP contribution is -2.15. The monoisotopic (exact) mass is 259 g/mol. The molecule has 0 saturated carbocycles. The minimum absolute atomic E-state index is 0.515. The van der Waals surface area contributed by atoms with E-state index in [1.807, 2.05) is 38.4 Å². The van der Waals surface area contributed by atoms with Gasteiger partial charge in [-0.05, 0) is 18.6 Å². The summed E-state index contributed by atoms with van der Waals surface area (Å²) in [5, 5.41) is 0. The fraction of sp³-hybridized carbons (Fsp3) is 0.357. The van der Waals surface area contributed by atoms with E-state index in [4.69, 9.17) is 11.6 Å². The molecule has 0 aliphatic rings. The SMILES string of the molecule is CCCc1nc(-c2ccc(N(C)C)cc2)c(N)n1N. The van der Waals surface area contributed by atoms with Crippen molar-refractivity contribution >= 4 is 11.5 Å². The fourth-order valence-electron chi connectivity index (χ4n) is 2.02. The Hall–Kier alpha value is -2.17. The van der Waals surface area contributed by atoms with Gasteiger partial charge in [0.2, 0.25) is 0 Å². The Morgan fingerprint density at radius 1 is 1.21 bits per heavy atom. The van der Waals surface area contributed by atoms with E-state index in [0.717, 1.165) is 35.6 Å². The van der Waals surface area contributed by atoms with Crippen LogP contribution in [0, 0.1) is 0 Å². The first kappa shape index (κ1) is 13.3. The Morgan fingerprint density at radius 2 is 1.84 bits per heavy atom. The summed E-state index contributed by atoms with van der Waals surface area (Å²) in [5.74, 6) is 7.27. The first-order valence-electron chi connectivity index (χ1n) is 6.44. The molecule has 19 heavy (non-hydrogen) atoms. The zero-order chi connectivity index (χ0) is 14.0. The minimum Gasteiger partial charge on any atom is -0.382 e. The van der Waals surface area contributed by atoms with Crippen LogP contribution in [0.25, 0.3) is 11.3 Å². The van der Waals surface area contributed by atoms with Gasteiger partial charge in [-0.25, -0.2) is 9.66 Å². The molecule has 0 fully saturated rings. The molecule has 0 aliphatic carbocycles. The zero-order valence-corrected chi connectivity index (χ0v) is 11.7. The molecule has 0 saturated heterocycles. The third-order valence-corrected chi connectivity index (χ3v) is 3.15. The highest BCUT2D eigenvalue weighted by molar-refractivity contribution is 5.72. The maximum absolute atomic E-state index is 6.03. The van der Waals surface area contributed by atoms with Gasteiger partial charge in [-0.3, -0.25) is 0 Å². The first-order valence-corrected chi connectivity index (χ1v) is 6.44. The smallest absolute Gasteiger partial charge is 0.150 e. The number of hydrogen-bond acceptors (Lipinski definition) is 4. The Labute approximate surface area is 113 Å². The van der Waals surface area contributed by atoms with Crippen molar-refractivity contribution in [1.29, 1.82) is 0 Å². The van der Waals surface area contributed by atoms with Gasteiger partial charge >= 0.3 is 0 Å². The molecule has 0 radical (unpaired) electrons. The predicted octanol–water partition coefficient (Wildman–Crippen LogP) is 1.86. The van der Waals surface area contributed by atoms with Crippen LogP contribution < -0.4 is 16.5 Å². The summed E-state index contributed by atoms with van der Waals surface area (Å²) in [5.41, 5.74) is 8.92. The summed E-state index contributed by atoms with van der Waals surface area (Å²) < 4.78 is 1.48. The highest BCUT2D eigenvalue weighted by atomic mass is 15.4. The molecule has 2 aromatic rings. The topological polar surface area (TPSA) is 73.1 Å². The van der Waals surface area contributed by atoms with Crippen LogP contribution in [0.1, 0.15) is 19.2 Å². The van der Waals surface area contributed by atoms with Crippen LogP contribution in [-0.4, -0.2) is 23.8 Å². The molecule has 5 nitrogen and oxygen atoms in total. The van der Waals surface area contributed by atoms with Crippen molar-refractivity contribution in [1.82, 2.24) is 9.66 Å². The van der Waals surface area contributed by atoms with Gasteiger partial charge in [0, 0.05) is 31.8 Å². The molecule has 0 bridgehead atoms. The Balaban J connectivity index is 2.38. The molecule has 0 unspecified atom stereocenters. The zero-order valence-electron chi connectivity index (χ0n) is 11.7. The molecule has 102 valence electrons. The summed E-state index contributed by atoms with van der Waals surface area (Å²) in [6.07, 6.45) is 1.82. The molecule has 4 N–H and O–H groups in total.